The fourth-order valence-electron chi connectivity index (χ4n) is 4.05. The summed E-state index contributed by atoms with van der Waals surface area (Å²) >= 11 is 0. The summed E-state index contributed by atoms with van der Waals surface area (Å²) in [4.78, 5) is 12.7. The van der Waals surface area contributed by atoms with Crippen molar-refractivity contribution < 1.29 is 13.2 Å². The maximum absolute atomic E-state index is 12.7. The molecule has 0 saturated heterocycles. The summed E-state index contributed by atoms with van der Waals surface area (Å²) in [5.74, 6) is 1.28. The first-order valence-electron chi connectivity index (χ1n) is 8.14. The molecule has 0 aromatic carbocycles. The molecule has 4 unspecified atom stereocenters. The van der Waals surface area contributed by atoms with Crippen LogP contribution in [0.15, 0.2) is 0 Å². The van der Waals surface area contributed by atoms with E-state index in [4.69, 9.17) is 0 Å². The van der Waals surface area contributed by atoms with Crippen LogP contribution in [0.4, 0.5) is 0 Å². The second-order valence-corrected chi connectivity index (χ2v) is 9.18. The minimum absolute atomic E-state index is 0.00378. The van der Waals surface area contributed by atoms with Gasteiger partial charge in [0.2, 0.25) is 0 Å². The fourth-order valence-corrected chi connectivity index (χ4v) is 5.22. The first kappa shape index (κ1) is 16.0. The second-order valence-electron chi connectivity index (χ2n) is 6.86. The number of carbonyl (C=O) groups is 1. The van der Waals surface area contributed by atoms with Crippen LogP contribution in [0, 0.1) is 17.8 Å². The Bertz CT molecular complexity index is 441. The van der Waals surface area contributed by atoms with Gasteiger partial charge in [-0.2, -0.15) is 0 Å². The lowest BCUT2D eigenvalue weighted by Gasteiger charge is -2.33. The molecule has 0 aromatic rings. The van der Waals surface area contributed by atoms with E-state index in [2.05, 4.69) is 6.92 Å². The van der Waals surface area contributed by atoms with Crippen LogP contribution in [-0.2, 0) is 14.6 Å². The molecule has 116 valence electrons. The average molecular weight is 300 g/mol. The van der Waals surface area contributed by atoms with Gasteiger partial charge < -0.3 is 0 Å². The molecule has 2 fully saturated rings. The minimum Gasteiger partial charge on any atom is -0.299 e. The number of sulfone groups is 1. The Balaban J connectivity index is 1.98. The van der Waals surface area contributed by atoms with Crippen LogP contribution in [0.5, 0.6) is 0 Å². The van der Waals surface area contributed by atoms with E-state index in [-0.39, 0.29) is 17.1 Å². The fraction of sp³-hybridized carbons (Fsp3) is 0.938. The molecule has 0 aromatic heterocycles. The molecule has 2 aliphatic rings. The third-order valence-corrected chi connectivity index (χ3v) is 7.04. The molecule has 3 nitrogen and oxygen atoms in total. The zero-order valence-corrected chi connectivity index (χ0v) is 13.6. The van der Waals surface area contributed by atoms with E-state index in [0.29, 0.717) is 18.1 Å². The SMILES string of the molecule is CCC1CCCC(C(=O)C2CCCC(S(C)(=O)=O)C2)C1. The molecule has 2 rings (SSSR count). The van der Waals surface area contributed by atoms with Gasteiger partial charge in [-0.3, -0.25) is 4.79 Å². The molecule has 0 bridgehead atoms. The van der Waals surface area contributed by atoms with Gasteiger partial charge in [-0.25, -0.2) is 8.42 Å². The molecule has 0 heterocycles. The first-order chi connectivity index (χ1) is 9.41. The lowest BCUT2D eigenvalue weighted by molar-refractivity contribution is -0.129. The van der Waals surface area contributed by atoms with E-state index in [1.807, 2.05) is 0 Å². The Hall–Kier alpha value is -0.380. The molecule has 4 atom stereocenters. The number of rotatable bonds is 4. The highest BCUT2D eigenvalue weighted by Gasteiger charge is 2.36. The van der Waals surface area contributed by atoms with Gasteiger partial charge >= 0.3 is 0 Å². The normalized spacial score (nSPS) is 35.7. The van der Waals surface area contributed by atoms with Crippen LogP contribution in [0.1, 0.15) is 64.7 Å². The molecule has 0 radical (unpaired) electrons. The van der Waals surface area contributed by atoms with Crippen LogP contribution in [0.25, 0.3) is 0 Å². The number of Topliss-reactive ketones (excluding diaryl/α,β-unsaturated/α-hetero) is 1. The van der Waals surface area contributed by atoms with E-state index in [1.165, 1.54) is 19.1 Å². The predicted molar refractivity (Wildman–Crippen MR) is 81.3 cm³/mol. The lowest BCUT2D eigenvalue weighted by atomic mass is 9.73. The molecule has 0 spiro atoms. The van der Waals surface area contributed by atoms with Gasteiger partial charge in [-0.05, 0) is 38.0 Å². The molecule has 2 aliphatic carbocycles. The summed E-state index contributed by atoms with van der Waals surface area (Å²) in [6, 6.07) is 0. The molecule has 20 heavy (non-hydrogen) atoms. The topological polar surface area (TPSA) is 51.2 Å². The number of carbonyl (C=O) groups excluding carboxylic acids is 1. The lowest BCUT2D eigenvalue weighted by Crippen LogP contribution is -2.35. The summed E-state index contributed by atoms with van der Waals surface area (Å²) < 4.78 is 23.4. The maximum atomic E-state index is 12.7. The molecular weight excluding hydrogens is 272 g/mol. The highest BCUT2D eigenvalue weighted by atomic mass is 32.2. The molecular formula is C16H28O3S. The van der Waals surface area contributed by atoms with Crippen molar-refractivity contribution in [1.29, 1.82) is 0 Å². The minimum atomic E-state index is -2.99. The van der Waals surface area contributed by atoms with Gasteiger partial charge in [0, 0.05) is 18.1 Å². The van der Waals surface area contributed by atoms with E-state index < -0.39 is 9.84 Å². The molecule has 0 N–H and O–H groups in total. The Labute approximate surface area is 123 Å². The average Bonchev–Trinajstić information content (AvgIpc) is 2.46. The van der Waals surface area contributed by atoms with Crippen molar-refractivity contribution in [3.05, 3.63) is 0 Å². The van der Waals surface area contributed by atoms with E-state index in [0.717, 1.165) is 38.5 Å². The zero-order valence-electron chi connectivity index (χ0n) is 12.8. The quantitative estimate of drug-likeness (QED) is 0.800. The Morgan fingerprint density at radius 1 is 1.00 bits per heavy atom. The summed E-state index contributed by atoms with van der Waals surface area (Å²) in [6.45, 7) is 2.21. The smallest absolute Gasteiger partial charge is 0.150 e. The molecule has 0 amide bonds. The van der Waals surface area contributed by atoms with Crippen molar-refractivity contribution >= 4 is 15.6 Å². The highest BCUT2D eigenvalue weighted by molar-refractivity contribution is 7.91. The van der Waals surface area contributed by atoms with Crippen molar-refractivity contribution in [2.24, 2.45) is 17.8 Å². The van der Waals surface area contributed by atoms with Crippen molar-refractivity contribution in [2.45, 2.75) is 70.0 Å². The summed E-state index contributed by atoms with van der Waals surface area (Å²) in [5.41, 5.74) is 0. The van der Waals surface area contributed by atoms with E-state index in [1.54, 1.807) is 0 Å². The number of ketones is 1. The Morgan fingerprint density at radius 3 is 2.20 bits per heavy atom. The van der Waals surface area contributed by atoms with Gasteiger partial charge in [0.1, 0.15) is 15.6 Å². The zero-order chi connectivity index (χ0) is 14.8. The summed E-state index contributed by atoms with van der Waals surface area (Å²) in [5, 5.41) is -0.282. The van der Waals surface area contributed by atoms with Crippen molar-refractivity contribution in [3.63, 3.8) is 0 Å². The Kier molecular flexibility index (Phi) is 5.27. The second kappa shape index (κ2) is 6.59. The summed E-state index contributed by atoms with van der Waals surface area (Å²) in [7, 11) is -2.99. The molecule has 4 heteroatoms. The van der Waals surface area contributed by atoms with Gasteiger partial charge in [0.15, 0.2) is 0 Å². The summed E-state index contributed by atoms with van der Waals surface area (Å²) in [6.07, 6.45) is 10.1. The van der Waals surface area contributed by atoms with E-state index >= 15 is 0 Å². The largest absolute Gasteiger partial charge is 0.299 e. The predicted octanol–water partition coefficient (Wildman–Crippen LogP) is 3.38. The maximum Gasteiger partial charge on any atom is 0.150 e. The molecule has 0 aliphatic heterocycles. The third-order valence-electron chi connectivity index (χ3n) is 5.40. The van der Waals surface area contributed by atoms with Gasteiger partial charge in [0.05, 0.1) is 5.25 Å². The van der Waals surface area contributed by atoms with Crippen molar-refractivity contribution in [3.8, 4) is 0 Å². The van der Waals surface area contributed by atoms with E-state index in [9.17, 15) is 13.2 Å². The highest BCUT2D eigenvalue weighted by Crippen LogP contribution is 2.37. The Morgan fingerprint density at radius 2 is 1.60 bits per heavy atom. The van der Waals surface area contributed by atoms with Gasteiger partial charge in [0.25, 0.3) is 0 Å². The monoisotopic (exact) mass is 300 g/mol. The van der Waals surface area contributed by atoms with Crippen molar-refractivity contribution in [1.82, 2.24) is 0 Å². The van der Waals surface area contributed by atoms with Crippen LogP contribution in [0.2, 0.25) is 0 Å². The van der Waals surface area contributed by atoms with Crippen LogP contribution < -0.4 is 0 Å². The van der Waals surface area contributed by atoms with Crippen LogP contribution in [-0.4, -0.2) is 25.7 Å². The van der Waals surface area contributed by atoms with Crippen LogP contribution >= 0.6 is 0 Å². The third kappa shape index (κ3) is 3.84. The first-order valence-corrected chi connectivity index (χ1v) is 10.1. The van der Waals surface area contributed by atoms with Gasteiger partial charge in [-0.15, -0.1) is 0 Å². The van der Waals surface area contributed by atoms with Gasteiger partial charge in [-0.1, -0.05) is 32.6 Å². The molecule has 2 saturated carbocycles. The standard InChI is InChI=1S/C16H28O3S/c1-3-12-6-4-7-13(10-12)16(17)14-8-5-9-15(11-14)20(2,18)19/h12-15H,3-11H2,1-2H3. The van der Waals surface area contributed by atoms with Crippen LogP contribution in [0.3, 0.4) is 0 Å². The number of hydrogen-bond donors (Lipinski definition) is 0. The van der Waals surface area contributed by atoms with Crippen molar-refractivity contribution in [2.75, 3.05) is 6.26 Å². The number of hydrogen-bond acceptors (Lipinski definition) is 3.